The Bertz CT molecular complexity index is 798. The van der Waals surface area contributed by atoms with Crippen molar-refractivity contribution in [3.63, 3.8) is 0 Å². The van der Waals surface area contributed by atoms with Gasteiger partial charge in [0.15, 0.2) is 0 Å². The second kappa shape index (κ2) is 9.82. The molecule has 2 fully saturated rings. The molecule has 0 aromatic heterocycles. The Morgan fingerprint density at radius 2 is 2.06 bits per heavy atom. The molecule has 3 rings (SSSR count). The summed E-state index contributed by atoms with van der Waals surface area (Å²) in [5.74, 6) is 1.44. The first kappa shape index (κ1) is 24.6. The van der Waals surface area contributed by atoms with Crippen molar-refractivity contribution in [3.05, 3.63) is 59.3 Å². The van der Waals surface area contributed by atoms with Crippen molar-refractivity contribution in [1.29, 1.82) is 0 Å². The van der Waals surface area contributed by atoms with E-state index in [0.717, 1.165) is 29.7 Å². The maximum Gasteiger partial charge on any atom is 0.0811 e. The third kappa shape index (κ3) is 5.84. The van der Waals surface area contributed by atoms with Crippen molar-refractivity contribution in [2.75, 3.05) is 5.75 Å². The summed E-state index contributed by atoms with van der Waals surface area (Å²) in [6.45, 7) is 12.4. The van der Waals surface area contributed by atoms with E-state index in [1.807, 2.05) is 17.8 Å². The van der Waals surface area contributed by atoms with Gasteiger partial charge in [0, 0.05) is 17.4 Å². The van der Waals surface area contributed by atoms with E-state index in [4.69, 9.17) is 0 Å². The van der Waals surface area contributed by atoms with Crippen molar-refractivity contribution in [2.45, 2.75) is 89.3 Å². The molecule has 0 heterocycles. The van der Waals surface area contributed by atoms with E-state index in [9.17, 15) is 15.3 Å². The number of aliphatic hydroxyl groups excluding tert-OH is 2. The molecule has 0 aromatic carbocycles. The van der Waals surface area contributed by atoms with Gasteiger partial charge >= 0.3 is 0 Å². The van der Waals surface area contributed by atoms with Crippen molar-refractivity contribution in [2.24, 2.45) is 11.3 Å². The molecule has 3 aliphatic rings. The molecule has 172 valence electrons. The number of rotatable bonds is 6. The van der Waals surface area contributed by atoms with Crippen LogP contribution in [0.15, 0.2) is 59.3 Å². The van der Waals surface area contributed by atoms with E-state index < -0.39 is 17.8 Å². The largest absolute Gasteiger partial charge is 0.393 e. The standard InChI is InChI=1S/C27H40O3S/c1-18-21(16-22(28)17-25(18)29)10-9-20-8-6-14-27(5)23(11-12-24(20)27)19(2)31-15-7-13-26(3,4)30/h7,9-11,13,19,22,24-25,28-30H,1,6,8,12,14-17H2,2-5H3/b13-7-,20-9?,21-10?/t19-,22-,24+,25+,27-/m1/s1. The van der Waals surface area contributed by atoms with Crippen molar-refractivity contribution in [1.82, 2.24) is 0 Å². The SMILES string of the molecule is C=C1C(=CC=C2CCC[C@]3(C)C([C@@H](C)SC/C=C\C(C)(C)O)=CC[C@@H]23)C[C@@H](O)C[C@@H]1O. The summed E-state index contributed by atoms with van der Waals surface area (Å²) in [7, 11) is 0. The van der Waals surface area contributed by atoms with Gasteiger partial charge < -0.3 is 15.3 Å². The van der Waals surface area contributed by atoms with Gasteiger partial charge in [-0.05, 0) is 75.4 Å². The highest BCUT2D eigenvalue weighted by Crippen LogP contribution is 2.56. The van der Waals surface area contributed by atoms with E-state index >= 15 is 0 Å². The molecule has 0 aliphatic heterocycles. The second-order valence-electron chi connectivity index (χ2n) is 10.3. The molecule has 0 unspecified atom stereocenters. The van der Waals surface area contributed by atoms with E-state index in [0.29, 0.717) is 24.0 Å². The normalized spacial score (nSPS) is 35.6. The maximum atomic E-state index is 10.1. The highest BCUT2D eigenvalue weighted by molar-refractivity contribution is 8.00. The molecule has 0 aromatic rings. The Balaban J connectivity index is 1.70. The lowest BCUT2D eigenvalue weighted by atomic mass is 9.64. The summed E-state index contributed by atoms with van der Waals surface area (Å²) in [5.41, 5.74) is 4.27. The summed E-state index contributed by atoms with van der Waals surface area (Å²) < 4.78 is 0. The Kier molecular flexibility index (Phi) is 7.79. The Labute approximate surface area is 192 Å². The minimum atomic E-state index is -0.749. The number of hydrogen-bond donors (Lipinski definition) is 3. The maximum absolute atomic E-state index is 10.1. The monoisotopic (exact) mass is 444 g/mol. The van der Waals surface area contributed by atoms with Gasteiger partial charge in [-0.25, -0.2) is 0 Å². The summed E-state index contributed by atoms with van der Waals surface area (Å²) in [6, 6.07) is 0. The van der Waals surface area contributed by atoms with Crippen LogP contribution in [0.4, 0.5) is 0 Å². The highest BCUT2D eigenvalue weighted by atomic mass is 32.2. The first-order valence-corrected chi connectivity index (χ1v) is 12.7. The first-order chi connectivity index (χ1) is 14.5. The zero-order chi connectivity index (χ0) is 22.8. The fourth-order valence-corrected chi connectivity index (χ4v) is 6.61. The van der Waals surface area contributed by atoms with Gasteiger partial charge in [-0.2, -0.15) is 11.8 Å². The van der Waals surface area contributed by atoms with E-state index in [-0.39, 0.29) is 5.41 Å². The van der Waals surface area contributed by atoms with Crippen LogP contribution >= 0.6 is 11.8 Å². The lowest BCUT2D eigenvalue weighted by Crippen LogP contribution is -2.33. The summed E-state index contributed by atoms with van der Waals surface area (Å²) >= 11 is 1.94. The molecule has 0 bridgehead atoms. The average molecular weight is 445 g/mol. The Hall–Kier alpha value is -1.07. The van der Waals surface area contributed by atoms with E-state index in [1.54, 1.807) is 19.4 Å². The molecule has 3 N–H and O–H groups in total. The van der Waals surface area contributed by atoms with Crippen LogP contribution in [-0.2, 0) is 0 Å². The molecular weight excluding hydrogens is 404 g/mol. The number of aliphatic hydroxyl groups is 3. The Morgan fingerprint density at radius 1 is 1.32 bits per heavy atom. The molecule has 0 amide bonds. The molecule has 3 aliphatic carbocycles. The summed E-state index contributed by atoms with van der Waals surface area (Å²) in [6.07, 6.45) is 15.3. The Morgan fingerprint density at radius 3 is 2.77 bits per heavy atom. The molecule has 0 radical (unpaired) electrons. The fourth-order valence-electron chi connectivity index (χ4n) is 5.57. The van der Waals surface area contributed by atoms with Gasteiger partial charge in [0.25, 0.3) is 0 Å². The third-order valence-electron chi connectivity index (χ3n) is 7.28. The van der Waals surface area contributed by atoms with Crippen molar-refractivity contribution >= 4 is 11.8 Å². The van der Waals surface area contributed by atoms with Crippen LogP contribution in [0.5, 0.6) is 0 Å². The van der Waals surface area contributed by atoms with Gasteiger partial charge in [-0.15, -0.1) is 0 Å². The lowest BCUT2D eigenvalue weighted by molar-refractivity contribution is 0.0862. The zero-order valence-corrected chi connectivity index (χ0v) is 20.4. The smallest absolute Gasteiger partial charge is 0.0811 e. The number of thioether (sulfide) groups is 1. The van der Waals surface area contributed by atoms with Gasteiger partial charge in [-0.1, -0.05) is 55.0 Å². The highest BCUT2D eigenvalue weighted by Gasteiger charge is 2.46. The minimum Gasteiger partial charge on any atom is -0.393 e. The molecule has 31 heavy (non-hydrogen) atoms. The van der Waals surface area contributed by atoms with E-state index in [2.05, 4.69) is 44.7 Å². The van der Waals surface area contributed by atoms with Crippen LogP contribution in [0.25, 0.3) is 0 Å². The first-order valence-electron chi connectivity index (χ1n) is 11.7. The number of hydrogen-bond acceptors (Lipinski definition) is 4. The van der Waals surface area contributed by atoms with Crippen molar-refractivity contribution < 1.29 is 15.3 Å². The van der Waals surface area contributed by atoms with E-state index in [1.165, 1.54) is 18.4 Å². The van der Waals surface area contributed by atoms with Crippen LogP contribution in [0.1, 0.15) is 66.2 Å². The van der Waals surface area contributed by atoms with Crippen LogP contribution in [-0.4, -0.2) is 44.1 Å². The minimum absolute atomic E-state index is 0.206. The predicted molar refractivity (Wildman–Crippen MR) is 132 cm³/mol. The van der Waals surface area contributed by atoms with Crippen molar-refractivity contribution in [3.8, 4) is 0 Å². The van der Waals surface area contributed by atoms with Crippen LogP contribution in [0, 0.1) is 11.3 Å². The third-order valence-corrected chi connectivity index (χ3v) is 8.42. The summed E-state index contributed by atoms with van der Waals surface area (Å²) in [5, 5.41) is 30.5. The van der Waals surface area contributed by atoms with Crippen LogP contribution in [0.2, 0.25) is 0 Å². The van der Waals surface area contributed by atoms with Gasteiger partial charge in [0.1, 0.15) is 0 Å². The van der Waals surface area contributed by atoms with Gasteiger partial charge in [0.2, 0.25) is 0 Å². The fraction of sp³-hybridized carbons (Fsp3) is 0.630. The number of fused-ring (bicyclic) bond motifs is 1. The summed E-state index contributed by atoms with van der Waals surface area (Å²) in [4.78, 5) is 0. The molecular formula is C27H40O3S. The molecule has 0 spiro atoms. The van der Waals surface area contributed by atoms with Crippen LogP contribution in [0.3, 0.4) is 0 Å². The average Bonchev–Trinajstić information content (AvgIpc) is 3.03. The van der Waals surface area contributed by atoms with Gasteiger partial charge in [0.05, 0.1) is 17.8 Å². The van der Waals surface area contributed by atoms with Gasteiger partial charge in [-0.3, -0.25) is 0 Å². The zero-order valence-electron chi connectivity index (χ0n) is 19.6. The second-order valence-corrected chi connectivity index (χ2v) is 11.7. The lowest BCUT2D eigenvalue weighted by Gasteiger charge is -2.42. The quantitative estimate of drug-likeness (QED) is 0.474. The molecule has 0 saturated heterocycles. The predicted octanol–water partition coefficient (Wildman–Crippen LogP) is 5.50. The van der Waals surface area contributed by atoms with Crippen LogP contribution < -0.4 is 0 Å². The molecule has 4 heteroatoms. The molecule has 2 saturated carbocycles. The molecule has 3 nitrogen and oxygen atoms in total. The number of allylic oxidation sites excluding steroid dienone is 4. The topological polar surface area (TPSA) is 60.7 Å². The molecule has 5 atom stereocenters.